The van der Waals surface area contributed by atoms with Gasteiger partial charge in [0.1, 0.15) is 0 Å². The van der Waals surface area contributed by atoms with Crippen molar-refractivity contribution in [3.05, 3.63) is 47.6 Å². The Kier molecular flexibility index (Phi) is 3.96. The van der Waals surface area contributed by atoms with Gasteiger partial charge in [-0.15, -0.1) is 0 Å². The molecule has 1 fully saturated rings. The van der Waals surface area contributed by atoms with Gasteiger partial charge < -0.3 is 9.84 Å². The number of amides is 1. The number of carbonyl (C=O) groups is 1. The maximum atomic E-state index is 11.9. The Balaban J connectivity index is 1.85. The third-order valence-electron chi connectivity index (χ3n) is 3.63. The highest BCUT2D eigenvalue weighted by Gasteiger charge is 2.27. The Morgan fingerprint density at radius 2 is 2.19 bits per heavy atom. The van der Waals surface area contributed by atoms with Crippen molar-refractivity contribution in [1.82, 2.24) is 20.4 Å². The maximum absolute atomic E-state index is 11.9. The molecule has 0 bridgehead atoms. The second-order valence-electron chi connectivity index (χ2n) is 5.19. The normalized spacial score (nSPS) is 20.0. The Morgan fingerprint density at radius 1 is 1.38 bits per heavy atom. The summed E-state index contributed by atoms with van der Waals surface area (Å²) in [6, 6.07) is 10.1. The van der Waals surface area contributed by atoms with E-state index in [9.17, 15) is 4.79 Å². The quantitative estimate of drug-likeness (QED) is 0.924. The van der Waals surface area contributed by atoms with E-state index in [0.717, 1.165) is 12.1 Å². The van der Waals surface area contributed by atoms with Gasteiger partial charge in [-0.3, -0.25) is 9.69 Å². The third kappa shape index (κ3) is 3.28. The molecule has 110 valence electrons. The number of nitrogens with zero attached hydrogens (tertiary/aromatic N) is 3. The van der Waals surface area contributed by atoms with Crippen LogP contribution in [0.2, 0.25) is 0 Å². The van der Waals surface area contributed by atoms with Gasteiger partial charge in [0.25, 0.3) is 0 Å². The lowest BCUT2D eigenvalue weighted by Crippen LogP contribution is -2.30. The minimum absolute atomic E-state index is 0.0286. The van der Waals surface area contributed by atoms with Crippen LogP contribution in [0.4, 0.5) is 0 Å². The number of aromatic nitrogens is 2. The molecule has 1 aliphatic heterocycles. The standard InChI is InChI=1S/C15H18N4O2/c1-11-17-15(21-18-11)10-19-8-7-16-14(20)9-13(19)12-5-3-2-4-6-12/h2-6,13H,7-10H2,1H3,(H,16,20). The summed E-state index contributed by atoms with van der Waals surface area (Å²) in [6.45, 7) is 3.74. The number of rotatable bonds is 3. The van der Waals surface area contributed by atoms with E-state index in [2.05, 4.69) is 32.5 Å². The van der Waals surface area contributed by atoms with Gasteiger partial charge in [-0.25, -0.2) is 0 Å². The van der Waals surface area contributed by atoms with Gasteiger partial charge in [0.05, 0.1) is 6.54 Å². The van der Waals surface area contributed by atoms with Crippen LogP contribution in [0.1, 0.15) is 29.7 Å². The molecule has 1 aromatic heterocycles. The van der Waals surface area contributed by atoms with Gasteiger partial charge in [-0.05, 0) is 12.5 Å². The summed E-state index contributed by atoms with van der Waals surface area (Å²) in [4.78, 5) is 18.3. The minimum atomic E-state index is 0.0286. The fraction of sp³-hybridized carbons (Fsp3) is 0.400. The largest absolute Gasteiger partial charge is 0.355 e. The number of aryl methyl sites for hydroxylation is 1. The van der Waals surface area contributed by atoms with Crippen molar-refractivity contribution in [2.45, 2.75) is 25.9 Å². The van der Waals surface area contributed by atoms with E-state index in [4.69, 9.17) is 4.52 Å². The van der Waals surface area contributed by atoms with Crippen molar-refractivity contribution in [2.24, 2.45) is 0 Å². The van der Waals surface area contributed by atoms with Gasteiger partial charge in [0.2, 0.25) is 11.8 Å². The molecule has 0 aliphatic carbocycles. The molecule has 2 aromatic rings. The predicted octanol–water partition coefficient (Wildman–Crippen LogP) is 1.44. The molecule has 1 unspecified atom stereocenters. The molecule has 21 heavy (non-hydrogen) atoms. The van der Waals surface area contributed by atoms with Gasteiger partial charge in [-0.1, -0.05) is 35.5 Å². The molecule has 1 amide bonds. The van der Waals surface area contributed by atoms with Crippen LogP contribution in [-0.4, -0.2) is 34.0 Å². The molecular weight excluding hydrogens is 268 g/mol. The average Bonchev–Trinajstić information content (AvgIpc) is 2.80. The zero-order chi connectivity index (χ0) is 14.7. The molecule has 1 N–H and O–H groups in total. The lowest BCUT2D eigenvalue weighted by atomic mass is 10.0. The van der Waals surface area contributed by atoms with Crippen LogP contribution in [0, 0.1) is 6.92 Å². The van der Waals surface area contributed by atoms with Crippen LogP contribution < -0.4 is 5.32 Å². The van der Waals surface area contributed by atoms with E-state index < -0.39 is 0 Å². The molecule has 1 aliphatic rings. The SMILES string of the molecule is Cc1noc(CN2CCNC(=O)CC2c2ccccc2)n1. The Bertz CT molecular complexity index is 611. The highest BCUT2D eigenvalue weighted by molar-refractivity contribution is 5.77. The van der Waals surface area contributed by atoms with Crippen molar-refractivity contribution in [2.75, 3.05) is 13.1 Å². The zero-order valence-electron chi connectivity index (χ0n) is 12.0. The van der Waals surface area contributed by atoms with E-state index in [-0.39, 0.29) is 11.9 Å². The van der Waals surface area contributed by atoms with Gasteiger partial charge in [-0.2, -0.15) is 4.98 Å². The van der Waals surface area contributed by atoms with Crippen molar-refractivity contribution < 1.29 is 9.32 Å². The van der Waals surface area contributed by atoms with Gasteiger partial charge in [0, 0.05) is 25.6 Å². The van der Waals surface area contributed by atoms with Crippen LogP contribution >= 0.6 is 0 Å². The first-order chi connectivity index (χ1) is 10.2. The number of carbonyl (C=O) groups excluding carboxylic acids is 1. The molecule has 1 atom stereocenters. The molecule has 6 heteroatoms. The summed E-state index contributed by atoms with van der Waals surface area (Å²) in [5.74, 6) is 1.29. The molecule has 1 saturated heterocycles. The summed E-state index contributed by atoms with van der Waals surface area (Å²) in [7, 11) is 0. The lowest BCUT2D eigenvalue weighted by Gasteiger charge is -2.27. The number of hydrogen-bond donors (Lipinski definition) is 1. The fourth-order valence-corrected chi connectivity index (χ4v) is 2.64. The monoisotopic (exact) mass is 286 g/mol. The fourth-order valence-electron chi connectivity index (χ4n) is 2.64. The van der Waals surface area contributed by atoms with Gasteiger partial charge >= 0.3 is 0 Å². The van der Waals surface area contributed by atoms with Crippen molar-refractivity contribution >= 4 is 5.91 Å². The minimum Gasteiger partial charge on any atom is -0.355 e. The highest BCUT2D eigenvalue weighted by Crippen LogP contribution is 2.26. The number of benzene rings is 1. The molecule has 3 rings (SSSR count). The van der Waals surface area contributed by atoms with Crippen LogP contribution in [0.15, 0.2) is 34.9 Å². The smallest absolute Gasteiger partial charge is 0.240 e. The van der Waals surface area contributed by atoms with E-state index in [1.54, 1.807) is 6.92 Å². The van der Waals surface area contributed by atoms with Crippen molar-refractivity contribution in [3.63, 3.8) is 0 Å². The number of nitrogens with one attached hydrogen (secondary N) is 1. The summed E-state index contributed by atoms with van der Waals surface area (Å²) in [5, 5.41) is 6.74. The maximum Gasteiger partial charge on any atom is 0.240 e. The van der Waals surface area contributed by atoms with Crippen molar-refractivity contribution in [1.29, 1.82) is 0 Å². The van der Waals surface area contributed by atoms with Gasteiger partial charge in [0.15, 0.2) is 5.82 Å². The van der Waals surface area contributed by atoms with Crippen molar-refractivity contribution in [3.8, 4) is 0 Å². The highest BCUT2D eigenvalue weighted by atomic mass is 16.5. The van der Waals surface area contributed by atoms with Crippen LogP contribution in [0.3, 0.4) is 0 Å². The van der Waals surface area contributed by atoms with E-state index in [0.29, 0.717) is 31.2 Å². The molecule has 0 spiro atoms. The molecule has 2 heterocycles. The molecule has 6 nitrogen and oxygen atoms in total. The second-order valence-corrected chi connectivity index (χ2v) is 5.19. The van der Waals surface area contributed by atoms with E-state index in [1.165, 1.54) is 0 Å². The van der Waals surface area contributed by atoms with Crippen LogP contribution in [-0.2, 0) is 11.3 Å². The molecule has 0 saturated carbocycles. The zero-order valence-corrected chi connectivity index (χ0v) is 12.0. The number of hydrogen-bond acceptors (Lipinski definition) is 5. The first-order valence-corrected chi connectivity index (χ1v) is 7.07. The lowest BCUT2D eigenvalue weighted by molar-refractivity contribution is -0.121. The topological polar surface area (TPSA) is 71.3 Å². The van der Waals surface area contributed by atoms with Crippen LogP contribution in [0.5, 0.6) is 0 Å². The summed E-state index contributed by atoms with van der Waals surface area (Å²) in [6.07, 6.45) is 0.442. The summed E-state index contributed by atoms with van der Waals surface area (Å²) >= 11 is 0. The predicted molar refractivity (Wildman–Crippen MR) is 76.3 cm³/mol. The second kappa shape index (κ2) is 6.05. The Morgan fingerprint density at radius 3 is 2.90 bits per heavy atom. The van der Waals surface area contributed by atoms with E-state index >= 15 is 0 Å². The molecule has 1 aromatic carbocycles. The molecule has 0 radical (unpaired) electrons. The first-order valence-electron chi connectivity index (χ1n) is 7.07. The third-order valence-corrected chi connectivity index (χ3v) is 3.63. The summed E-state index contributed by atoms with van der Waals surface area (Å²) in [5.41, 5.74) is 1.13. The molecular formula is C15H18N4O2. The van der Waals surface area contributed by atoms with Crippen LogP contribution in [0.25, 0.3) is 0 Å². The summed E-state index contributed by atoms with van der Waals surface area (Å²) < 4.78 is 5.21. The average molecular weight is 286 g/mol. The van der Waals surface area contributed by atoms with E-state index in [1.807, 2.05) is 18.2 Å². The first kappa shape index (κ1) is 13.8. The Hall–Kier alpha value is -2.21. The Labute approximate surface area is 123 Å².